The van der Waals surface area contributed by atoms with E-state index in [1.807, 2.05) is 0 Å². The molecule has 0 spiro atoms. The van der Waals surface area contributed by atoms with Crippen molar-refractivity contribution < 1.29 is 4.79 Å². The number of nitrogens with one attached hydrogen (secondary N) is 2. The standard InChI is InChI=1S/C10H9ClN6O2/c1-6(18)15-16-9-13-5-17(10(19)14-9)8-7(11)3-2-4-12-8/h2-5H,1H3,(H,15,18)(H,14,16,19). The van der Waals surface area contributed by atoms with Crippen LogP contribution < -0.4 is 16.5 Å². The molecule has 0 unspecified atom stereocenters. The van der Waals surface area contributed by atoms with Gasteiger partial charge in [-0.25, -0.2) is 19.3 Å². The van der Waals surface area contributed by atoms with Gasteiger partial charge in [0.25, 0.3) is 0 Å². The maximum absolute atomic E-state index is 11.8. The van der Waals surface area contributed by atoms with E-state index < -0.39 is 5.69 Å². The average Bonchev–Trinajstić information content (AvgIpc) is 2.38. The maximum Gasteiger partial charge on any atom is 0.357 e. The van der Waals surface area contributed by atoms with Crippen LogP contribution in [0.3, 0.4) is 0 Å². The van der Waals surface area contributed by atoms with E-state index in [0.717, 1.165) is 4.57 Å². The van der Waals surface area contributed by atoms with Crippen LogP contribution in [-0.2, 0) is 4.79 Å². The first kappa shape index (κ1) is 13.0. The Morgan fingerprint density at radius 3 is 2.84 bits per heavy atom. The zero-order chi connectivity index (χ0) is 13.8. The van der Waals surface area contributed by atoms with E-state index in [2.05, 4.69) is 25.8 Å². The van der Waals surface area contributed by atoms with Crippen LogP contribution in [0, 0.1) is 0 Å². The molecule has 0 aliphatic heterocycles. The van der Waals surface area contributed by atoms with Gasteiger partial charge < -0.3 is 0 Å². The fourth-order valence-electron chi connectivity index (χ4n) is 1.24. The molecule has 1 amide bonds. The molecule has 2 aromatic heterocycles. The van der Waals surface area contributed by atoms with E-state index in [0.29, 0.717) is 5.02 Å². The lowest BCUT2D eigenvalue weighted by Crippen LogP contribution is -2.31. The molecule has 2 heterocycles. The van der Waals surface area contributed by atoms with Gasteiger partial charge in [-0.2, -0.15) is 4.98 Å². The normalized spacial score (nSPS) is 10.0. The molecule has 19 heavy (non-hydrogen) atoms. The van der Waals surface area contributed by atoms with Gasteiger partial charge in [0.15, 0.2) is 5.82 Å². The molecule has 0 saturated heterocycles. The van der Waals surface area contributed by atoms with Gasteiger partial charge >= 0.3 is 5.69 Å². The summed E-state index contributed by atoms with van der Waals surface area (Å²) in [7, 11) is 0. The van der Waals surface area contributed by atoms with Crippen LogP contribution in [0.15, 0.2) is 29.5 Å². The number of hydrazine groups is 1. The van der Waals surface area contributed by atoms with E-state index in [9.17, 15) is 9.59 Å². The maximum atomic E-state index is 11.8. The molecule has 98 valence electrons. The van der Waals surface area contributed by atoms with Crippen LogP contribution in [0.1, 0.15) is 6.92 Å². The monoisotopic (exact) mass is 280 g/mol. The zero-order valence-electron chi connectivity index (χ0n) is 9.79. The highest BCUT2D eigenvalue weighted by Crippen LogP contribution is 2.14. The number of nitrogens with zero attached hydrogens (tertiary/aromatic N) is 4. The number of pyridine rings is 1. The highest BCUT2D eigenvalue weighted by atomic mass is 35.5. The first-order valence-electron chi connectivity index (χ1n) is 5.17. The lowest BCUT2D eigenvalue weighted by Gasteiger charge is -2.07. The summed E-state index contributed by atoms with van der Waals surface area (Å²) in [6, 6.07) is 3.24. The van der Waals surface area contributed by atoms with E-state index in [1.165, 1.54) is 19.4 Å². The Kier molecular flexibility index (Phi) is 3.71. The Morgan fingerprint density at radius 2 is 2.21 bits per heavy atom. The summed E-state index contributed by atoms with van der Waals surface area (Å²) in [5.74, 6) is -0.121. The average molecular weight is 281 g/mol. The van der Waals surface area contributed by atoms with Crippen molar-refractivity contribution in [3.05, 3.63) is 40.2 Å². The SMILES string of the molecule is CC(=O)NNc1ncn(-c2ncccc2Cl)c(=O)n1. The smallest absolute Gasteiger partial charge is 0.274 e. The molecular formula is C10H9ClN6O2. The number of anilines is 1. The Hall–Kier alpha value is -2.48. The molecule has 0 aliphatic rings. The molecule has 0 bridgehead atoms. The fourth-order valence-corrected chi connectivity index (χ4v) is 1.45. The summed E-state index contributed by atoms with van der Waals surface area (Å²) in [5, 5.41) is 0.302. The van der Waals surface area contributed by atoms with E-state index in [4.69, 9.17) is 11.6 Å². The number of carbonyl (C=O) groups excluding carboxylic acids is 1. The predicted octanol–water partition coefficient (Wildman–Crippen LogP) is 0.139. The number of hydrogen-bond donors (Lipinski definition) is 2. The van der Waals surface area contributed by atoms with Crippen molar-refractivity contribution >= 4 is 23.5 Å². The first-order valence-corrected chi connectivity index (χ1v) is 5.55. The lowest BCUT2D eigenvalue weighted by molar-refractivity contribution is -0.118. The lowest BCUT2D eigenvalue weighted by atomic mass is 10.4. The molecule has 0 fully saturated rings. The molecular weight excluding hydrogens is 272 g/mol. The minimum Gasteiger partial charge on any atom is -0.274 e. The van der Waals surface area contributed by atoms with Crippen molar-refractivity contribution in [2.75, 3.05) is 5.43 Å². The van der Waals surface area contributed by atoms with Crippen LogP contribution >= 0.6 is 11.6 Å². The largest absolute Gasteiger partial charge is 0.357 e. The van der Waals surface area contributed by atoms with Gasteiger partial charge in [-0.05, 0) is 12.1 Å². The Balaban J connectivity index is 2.33. The number of aromatic nitrogens is 4. The minimum atomic E-state index is -0.622. The first-order chi connectivity index (χ1) is 9.08. The Labute approximate surface area is 112 Å². The Morgan fingerprint density at radius 1 is 1.42 bits per heavy atom. The van der Waals surface area contributed by atoms with Gasteiger partial charge in [0.1, 0.15) is 6.33 Å². The molecule has 0 aromatic carbocycles. The van der Waals surface area contributed by atoms with Crippen LogP contribution in [0.4, 0.5) is 5.95 Å². The molecule has 0 atom stereocenters. The topological polar surface area (TPSA) is 102 Å². The summed E-state index contributed by atoms with van der Waals surface area (Å²) in [6.07, 6.45) is 2.71. The number of carbonyl (C=O) groups is 1. The van der Waals surface area contributed by atoms with E-state index in [-0.39, 0.29) is 17.7 Å². The predicted molar refractivity (Wildman–Crippen MR) is 67.9 cm³/mol. The second kappa shape index (κ2) is 5.44. The minimum absolute atomic E-state index is 0.0245. The van der Waals surface area contributed by atoms with Crippen LogP contribution in [0.25, 0.3) is 5.82 Å². The highest BCUT2D eigenvalue weighted by Gasteiger charge is 2.08. The van der Waals surface area contributed by atoms with Crippen molar-refractivity contribution in [2.45, 2.75) is 6.92 Å². The summed E-state index contributed by atoms with van der Waals surface area (Å²) in [6.45, 7) is 1.31. The second-order valence-corrected chi connectivity index (χ2v) is 3.85. The van der Waals surface area contributed by atoms with Crippen molar-refractivity contribution in [1.29, 1.82) is 0 Å². The van der Waals surface area contributed by atoms with Gasteiger partial charge in [0.2, 0.25) is 11.9 Å². The van der Waals surface area contributed by atoms with Gasteiger partial charge in [0, 0.05) is 13.1 Å². The van der Waals surface area contributed by atoms with E-state index in [1.54, 1.807) is 12.1 Å². The summed E-state index contributed by atoms with van der Waals surface area (Å²) in [5.41, 5.74) is 4.02. The van der Waals surface area contributed by atoms with Crippen molar-refractivity contribution in [3.8, 4) is 5.82 Å². The van der Waals surface area contributed by atoms with Crippen LogP contribution in [0.2, 0.25) is 5.02 Å². The van der Waals surface area contributed by atoms with Gasteiger partial charge in [-0.3, -0.25) is 15.6 Å². The number of rotatable bonds is 3. The molecule has 0 radical (unpaired) electrons. The van der Waals surface area contributed by atoms with Crippen LogP contribution in [-0.4, -0.2) is 25.4 Å². The second-order valence-electron chi connectivity index (χ2n) is 3.45. The summed E-state index contributed by atoms with van der Waals surface area (Å²) < 4.78 is 1.10. The molecule has 0 saturated carbocycles. The molecule has 0 aliphatic carbocycles. The van der Waals surface area contributed by atoms with Crippen molar-refractivity contribution in [1.82, 2.24) is 24.9 Å². The van der Waals surface area contributed by atoms with E-state index >= 15 is 0 Å². The third-order valence-corrected chi connectivity index (χ3v) is 2.32. The molecule has 8 nitrogen and oxygen atoms in total. The highest BCUT2D eigenvalue weighted by molar-refractivity contribution is 6.32. The third kappa shape index (κ3) is 3.05. The molecule has 2 N–H and O–H groups in total. The van der Waals surface area contributed by atoms with Crippen LogP contribution in [0.5, 0.6) is 0 Å². The van der Waals surface area contributed by atoms with Crippen molar-refractivity contribution in [3.63, 3.8) is 0 Å². The number of hydrogen-bond acceptors (Lipinski definition) is 6. The van der Waals surface area contributed by atoms with Crippen molar-refractivity contribution in [2.24, 2.45) is 0 Å². The third-order valence-electron chi connectivity index (χ3n) is 2.02. The molecule has 9 heteroatoms. The van der Waals surface area contributed by atoms with Gasteiger partial charge in [-0.1, -0.05) is 11.6 Å². The fraction of sp³-hybridized carbons (Fsp3) is 0.100. The quantitative estimate of drug-likeness (QED) is 0.776. The van der Waals surface area contributed by atoms with Gasteiger partial charge in [-0.15, -0.1) is 0 Å². The summed E-state index contributed by atoms with van der Waals surface area (Å²) in [4.78, 5) is 34.0. The molecule has 2 rings (SSSR count). The Bertz CT molecular complexity index is 671. The number of halogens is 1. The molecule has 2 aromatic rings. The van der Waals surface area contributed by atoms with Gasteiger partial charge in [0.05, 0.1) is 5.02 Å². The zero-order valence-corrected chi connectivity index (χ0v) is 10.5. The number of amides is 1. The summed E-state index contributed by atoms with van der Waals surface area (Å²) >= 11 is 5.92.